The van der Waals surface area contributed by atoms with Crippen LogP contribution < -0.4 is 5.73 Å². The lowest BCUT2D eigenvalue weighted by Gasteiger charge is -2.29. The molecule has 22 heavy (non-hydrogen) atoms. The number of aliphatic imine (C=N–C) groups is 1. The quantitative estimate of drug-likeness (QED) is 0.488. The molecule has 0 aliphatic heterocycles. The number of alkyl halides is 1. The fourth-order valence-corrected chi connectivity index (χ4v) is 2.62. The third-order valence-electron chi connectivity index (χ3n) is 3.57. The molecule has 116 valence electrons. The second kappa shape index (κ2) is 7.14. The summed E-state index contributed by atoms with van der Waals surface area (Å²) in [5.41, 5.74) is 6.50. The van der Waals surface area contributed by atoms with Crippen molar-refractivity contribution in [1.29, 1.82) is 0 Å². The van der Waals surface area contributed by atoms with Crippen molar-refractivity contribution in [1.82, 2.24) is 0 Å². The molecule has 2 rings (SSSR count). The first-order valence-electron chi connectivity index (χ1n) is 6.98. The van der Waals surface area contributed by atoms with Gasteiger partial charge in [0.25, 0.3) is 0 Å². The molecule has 2 aromatic carbocycles. The van der Waals surface area contributed by atoms with E-state index in [-0.39, 0.29) is 11.7 Å². The Morgan fingerprint density at radius 3 is 2.50 bits per heavy atom. The summed E-state index contributed by atoms with van der Waals surface area (Å²) in [4.78, 5) is 4.30. The van der Waals surface area contributed by atoms with Crippen LogP contribution in [0.5, 0.6) is 0 Å². The van der Waals surface area contributed by atoms with Crippen LogP contribution in [0.15, 0.2) is 53.5 Å². The molecule has 0 amide bonds. The lowest BCUT2D eigenvalue weighted by atomic mass is 9.83. The van der Waals surface area contributed by atoms with Crippen molar-refractivity contribution >= 4 is 34.7 Å². The molecular formula is C17H18Cl2N2O. The zero-order chi connectivity index (χ0) is 16.2. The van der Waals surface area contributed by atoms with Crippen LogP contribution in [0.25, 0.3) is 0 Å². The van der Waals surface area contributed by atoms with Crippen LogP contribution in [0, 0.1) is 0 Å². The van der Waals surface area contributed by atoms with Gasteiger partial charge in [-0.25, -0.2) is 4.99 Å². The van der Waals surface area contributed by atoms with Gasteiger partial charge in [-0.2, -0.15) is 0 Å². The van der Waals surface area contributed by atoms with Gasteiger partial charge in [0.2, 0.25) is 0 Å². The average Bonchev–Trinajstić information content (AvgIpc) is 2.56. The largest absolute Gasteiger partial charge is 0.386 e. The highest BCUT2D eigenvalue weighted by molar-refractivity contribution is 6.30. The van der Waals surface area contributed by atoms with E-state index in [4.69, 9.17) is 28.9 Å². The first-order valence-corrected chi connectivity index (χ1v) is 7.89. The van der Waals surface area contributed by atoms with Gasteiger partial charge < -0.3 is 10.8 Å². The Morgan fingerprint density at radius 1 is 1.23 bits per heavy atom. The standard InChI is InChI=1S/C17H18Cl2N2O/c1-2-17(22,12-6-4-3-5-7-12)14-10-13(19)8-9-15(14)21-16(20)11-18/h3-10,22H,2,11H2,1H3,(H2,20,21). The fraction of sp³-hybridized carbons (Fsp3) is 0.235. The molecule has 0 aliphatic rings. The summed E-state index contributed by atoms with van der Waals surface area (Å²) in [6.07, 6.45) is 0.473. The number of hydrogen-bond acceptors (Lipinski definition) is 2. The third kappa shape index (κ3) is 3.43. The highest BCUT2D eigenvalue weighted by Gasteiger charge is 2.32. The van der Waals surface area contributed by atoms with E-state index in [1.54, 1.807) is 18.2 Å². The maximum absolute atomic E-state index is 11.3. The van der Waals surface area contributed by atoms with Crippen LogP contribution in [0.3, 0.4) is 0 Å². The van der Waals surface area contributed by atoms with E-state index in [0.717, 1.165) is 5.56 Å². The van der Waals surface area contributed by atoms with Crippen molar-refractivity contribution in [2.75, 3.05) is 5.88 Å². The lowest BCUT2D eigenvalue weighted by Crippen LogP contribution is -2.26. The second-order valence-electron chi connectivity index (χ2n) is 4.98. The highest BCUT2D eigenvalue weighted by atomic mass is 35.5. The fourth-order valence-electron chi connectivity index (χ4n) is 2.39. The van der Waals surface area contributed by atoms with Gasteiger partial charge in [-0.3, -0.25) is 0 Å². The Balaban J connectivity index is 2.65. The SMILES string of the molecule is CCC(O)(c1ccccc1)c1cc(Cl)ccc1N=C(N)CCl. The molecule has 3 N–H and O–H groups in total. The maximum Gasteiger partial charge on any atom is 0.116 e. The molecule has 0 heterocycles. The zero-order valence-corrected chi connectivity index (χ0v) is 13.8. The monoisotopic (exact) mass is 336 g/mol. The average molecular weight is 337 g/mol. The number of nitrogens with two attached hydrogens (primary N) is 1. The smallest absolute Gasteiger partial charge is 0.116 e. The number of aliphatic hydroxyl groups is 1. The summed E-state index contributed by atoms with van der Waals surface area (Å²) in [6.45, 7) is 1.91. The van der Waals surface area contributed by atoms with E-state index in [2.05, 4.69) is 4.99 Å². The molecule has 0 spiro atoms. The van der Waals surface area contributed by atoms with Crippen LogP contribution in [-0.4, -0.2) is 16.8 Å². The first-order chi connectivity index (χ1) is 10.5. The van der Waals surface area contributed by atoms with Crippen LogP contribution in [-0.2, 0) is 5.60 Å². The summed E-state index contributed by atoms with van der Waals surface area (Å²) in [5, 5.41) is 11.8. The van der Waals surface area contributed by atoms with E-state index in [0.29, 0.717) is 22.7 Å². The van der Waals surface area contributed by atoms with Gasteiger partial charge in [-0.15, -0.1) is 11.6 Å². The number of amidine groups is 1. The molecule has 1 unspecified atom stereocenters. The second-order valence-corrected chi connectivity index (χ2v) is 5.68. The predicted molar refractivity (Wildman–Crippen MR) is 93.2 cm³/mol. The Hall–Kier alpha value is -1.55. The molecule has 1 atom stereocenters. The Bertz CT molecular complexity index is 674. The zero-order valence-electron chi connectivity index (χ0n) is 12.3. The van der Waals surface area contributed by atoms with Crippen molar-refractivity contribution in [2.24, 2.45) is 10.7 Å². The van der Waals surface area contributed by atoms with Crippen molar-refractivity contribution in [3.05, 3.63) is 64.7 Å². The van der Waals surface area contributed by atoms with Gasteiger partial charge in [0.1, 0.15) is 11.4 Å². The van der Waals surface area contributed by atoms with E-state index in [1.807, 2.05) is 37.3 Å². The minimum absolute atomic E-state index is 0.123. The van der Waals surface area contributed by atoms with Crippen molar-refractivity contribution in [3.63, 3.8) is 0 Å². The molecule has 5 heteroatoms. The molecular weight excluding hydrogens is 319 g/mol. The summed E-state index contributed by atoms with van der Waals surface area (Å²) in [7, 11) is 0. The molecule has 0 bridgehead atoms. The molecule has 0 saturated carbocycles. The van der Waals surface area contributed by atoms with E-state index < -0.39 is 5.60 Å². The summed E-state index contributed by atoms with van der Waals surface area (Å²) >= 11 is 11.8. The lowest BCUT2D eigenvalue weighted by molar-refractivity contribution is 0.0771. The van der Waals surface area contributed by atoms with Crippen LogP contribution >= 0.6 is 23.2 Å². The molecule has 3 nitrogen and oxygen atoms in total. The first kappa shape index (κ1) is 16.8. The number of rotatable bonds is 5. The van der Waals surface area contributed by atoms with Gasteiger partial charge in [-0.1, -0.05) is 48.9 Å². The Labute approximate surface area is 140 Å². The molecule has 2 aromatic rings. The van der Waals surface area contributed by atoms with Gasteiger partial charge in [0.05, 0.1) is 11.6 Å². The Kier molecular flexibility index (Phi) is 5.46. The van der Waals surface area contributed by atoms with E-state index in [9.17, 15) is 5.11 Å². The number of halogens is 2. The summed E-state index contributed by atoms with van der Waals surface area (Å²) in [6, 6.07) is 14.6. The van der Waals surface area contributed by atoms with E-state index in [1.165, 1.54) is 0 Å². The molecule has 0 aliphatic carbocycles. The van der Waals surface area contributed by atoms with Gasteiger partial charge in [0.15, 0.2) is 0 Å². The highest BCUT2D eigenvalue weighted by Crippen LogP contribution is 2.39. The number of benzene rings is 2. The van der Waals surface area contributed by atoms with E-state index >= 15 is 0 Å². The van der Waals surface area contributed by atoms with Crippen LogP contribution in [0.4, 0.5) is 5.69 Å². The van der Waals surface area contributed by atoms with Crippen molar-refractivity contribution in [2.45, 2.75) is 18.9 Å². The summed E-state index contributed by atoms with van der Waals surface area (Å²) in [5.74, 6) is 0.412. The molecule has 0 radical (unpaired) electrons. The maximum atomic E-state index is 11.3. The number of nitrogens with zero attached hydrogens (tertiary/aromatic N) is 1. The van der Waals surface area contributed by atoms with Crippen molar-refractivity contribution < 1.29 is 5.11 Å². The minimum Gasteiger partial charge on any atom is -0.386 e. The van der Waals surface area contributed by atoms with Crippen LogP contribution in [0.1, 0.15) is 24.5 Å². The topological polar surface area (TPSA) is 58.6 Å². The normalized spacial score (nSPS) is 14.6. The molecule has 0 aromatic heterocycles. The Morgan fingerprint density at radius 2 is 1.91 bits per heavy atom. The number of hydrogen-bond donors (Lipinski definition) is 2. The van der Waals surface area contributed by atoms with Crippen LogP contribution in [0.2, 0.25) is 5.02 Å². The third-order valence-corrected chi connectivity index (χ3v) is 4.08. The summed E-state index contributed by atoms with van der Waals surface area (Å²) < 4.78 is 0. The van der Waals surface area contributed by atoms with Gasteiger partial charge in [-0.05, 0) is 30.2 Å². The molecule has 0 fully saturated rings. The molecule has 0 saturated heterocycles. The van der Waals surface area contributed by atoms with Gasteiger partial charge in [0, 0.05) is 10.6 Å². The minimum atomic E-state index is -1.20. The predicted octanol–water partition coefficient (Wildman–Crippen LogP) is 4.21. The van der Waals surface area contributed by atoms with Gasteiger partial charge >= 0.3 is 0 Å². The van der Waals surface area contributed by atoms with Crippen molar-refractivity contribution in [3.8, 4) is 0 Å².